The van der Waals surface area contributed by atoms with Crippen molar-refractivity contribution in [1.82, 2.24) is 20.3 Å². The minimum absolute atomic E-state index is 0.0104. The second kappa shape index (κ2) is 20.5. The molecule has 0 fully saturated rings. The van der Waals surface area contributed by atoms with Crippen LogP contribution in [0.3, 0.4) is 0 Å². The predicted octanol–water partition coefficient (Wildman–Crippen LogP) is 8.32. The Kier molecular flexibility index (Phi) is 14.9. The summed E-state index contributed by atoms with van der Waals surface area (Å²) in [4.78, 5) is 38.7. The summed E-state index contributed by atoms with van der Waals surface area (Å²) >= 11 is 6.79. The van der Waals surface area contributed by atoms with Crippen molar-refractivity contribution in [3.05, 3.63) is 130 Å². The van der Waals surface area contributed by atoms with Crippen molar-refractivity contribution in [3.63, 3.8) is 0 Å². The number of nitrogens with zero attached hydrogens (tertiary/aromatic N) is 5. The monoisotopic (exact) mass is 872 g/mol. The van der Waals surface area contributed by atoms with Gasteiger partial charge in [-0.2, -0.15) is 5.26 Å². The van der Waals surface area contributed by atoms with Crippen LogP contribution in [0.1, 0.15) is 60.6 Å². The van der Waals surface area contributed by atoms with Gasteiger partial charge in [0.2, 0.25) is 0 Å². The van der Waals surface area contributed by atoms with Crippen LogP contribution in [0, 0.1) is 25.2 Å². The predicted molar refractivity (Wildman–Crippen MR) is 240 cm³/mol. The fourth-order valence-corrected chi connectivity index (χ4v) is 7.29. The fraction of sp³-hybridized carbons (Fsp3) is 0.292. The van der Waals surface area contributed by atoms with E-state index in [0.29, 0.717) is 49.9 Å². The number of rotatable bonds is 17. The third-order valence-electron chi connectivity index (χ3n) is 10.1. The number of carbonyl (C=O) groups is 2. The van der Waals surface area contributed by atoms with Crippen LogP contribution in [0.4, 0.5) is 10.6 Å². The smallest absolute Gasteiger partial charge is 0.416 e. The number of anilines is 1. The highest BCUT2D eigenvalue weighted by molar-refractivity contribution is 6.32. The van der Waals surface area contributed by atoms with Gasteiger partial charge in [-0.15, -0.1) is 0 Å². The Morgan fingerprint density at radius 2 is 1.63 bits per heavy atom. The second-order valence-electron chi connectivity index (χ2n) is 15.9. The number of nitriles is 1. The normalized spacial score (nSPS) is 11.8. The van der Waals surface area contributed by atoms with Crippen LogP contribution in [0.2, 0.25) is 5.02 Å². The van der Waals surface area contributed by atoms with Gasteiger partial charge in [-0.05, 0) is 97.8 Å². The van der Waals surface area contributed by atoms with Gasteiger partial charge >= 0.3 is 12.1 Å². The number of nitrogens with one attached hydrogen (secondary N) is 1. The highest BCUT2D eigenvalue weighted by Crippen LogP contribution is 2.38. The third kappa shape index (κ3) is 11.6. The van der Waals surface area contributed by atoms with Gasteiger partial charge in [-0.25, -0.2) is 14.8 Å². The molecule has 0 aliphatic heterocycles. The van der Waals surface area contributed by atoms with E-state index in [1.54, 1.807) is 45.2 Å². The molecular weight excluding hydrogens is 824 g/mol. The van der Waals surface area contributed by atoms with E-state index in [4.69, 9.17) is 30.9 Å². The number of aromatic nitrogens is 3. The molecule has 2 heterocycles. The number of carbonyl (C=O) groups excluding carboxylic acids is 1. The lowest BCUT2D eigenvalue weighted by Crippen LogP contribution is -2.39. The van der Waals surface area contributed by atoms with Gasteiger partial charge in [0.25, 0.3) is 0 Å². The van der Waals surface area contributed by atoms with E-state index < -0.39 is 30.2 Å². The molecule has 0 spiro atoms. The van der Waals surface area contributed by atoms with E-state index in [1.165, 1.54) is 17.4 Å². The van der Waals surface area contributed by atoms with E-state index >= 15 is 0 Å². The van der Waals surface area contributed by atoms with Crippen molar-refractivity contribution in [2.24, 2.45) is 0 Å². The number of fused-ring (bicyclic) bond motifs is 1. The molecule has 0 saturated carbocycles. The summed E-state index contributed by atoms with van der Waals surface area (Å²) in [5.74, 6) is 0.0429. The quantitative estimate of drug-likeness (QED) is 0.0683. The molecular formula is C48H49ClN6O8. The van der Waals surface area contributed by atoms with Gasteiger partial charge in [0.05, 0.1) is 41.8 Å². The van der Waals surface area contributed by atoms with Gasteiger partial charge in [0.1, 0.15) is 48.5 Å². The summed E-state index contributed by atoms with van der Waals surface area (Å²) in [5, 5.41) is 42.3. The van der Waals surface area contributed by atoms with Crippen LogP contribution in [-0.4, -0.2) is 73.7 Å². The van der Waals surface area contributed by atoms with Crippen LogP contribution in [0.25, 0.3) is 33.2 Å². The highest BCUT2D eigenvalue weighted by atomic mass is 35.5. The molecule has 326 valence electrons. The first-order valence-corrected chi connectivity index (χ1v) is 20.6. The summed E-state index contributed by atoms with van der Waals surface area (Å²) in [6.45, 7) is 9.68. The minimum Gasteiger partial charge on any atom is -0.488 e. The molecule has 0 unspecified atom stereocenters. The maximum Gasteiger partial charge on any atom is 0.416 e. The molecule has 6 aromatic rings. The minimum atomic E-state index is -1.10. The largest absolute Gasteiger partial charge is 0.488 e. The van der Waals surface area contributed by atoms with Crippen molar-refractivity contribution in [2.45, 2.75) is 72.5 Å². The molecule has 0 radical (unpaired) electrons. The number of aliphatic hydroxyl groups is 2. The van der Waals surface area contributed by atoms with Crippen molar-refractivity contribution in [3.8, 4) is 39.8 Å². The average molecular weight is 873 g/mol. The van der Waals surface area contributed by atoms with Gasteiger partial charge in [0.15, 0.2) is 0 Å². The van der Waals surface area contributed by atoms with Crippen LogP contribution < -0.4 is 19.7 Å². The Balaban J connectivity index is 1.27. The molecule has 1 amide bonds. The van der Waals surface area contributed by atoms with E-state index in [2.05, 4.69) is 45.4 Å². The second-order valence-corrected chi connectivity index (χ2v) is 16.3. The molecule has 0 bridgehead atoms. The first-order chi connectivity index (χ1) is 30.1. The van der Waals surface area contributed by atoms with Gasteiger partial charge < -0.3 is 34.8 Å². The summed E-state index contributed by atoms with van der Waals surface area (Å²) in [7, 11) is 0. The zero-order chi connectivity index (χ0) is 45.3. The topological polar surface area (TPSA) is 200 Å². The Morgan fingerprint density at radius 3 is 2.37 bits per heavy atom. The van der Waals surface area contributed by atoms with Crippen LogP contribution in [0.15, 0.2) is 91.5 Å². The molecule has 2 aromatic heterocycles. The lowest BCUT2D eigenvalue weighted by molar-refractivity contribution is -0.139. The Bertz CT molecular complexity index is 2660. The zero-order valence-corrected chi connectivity index (χ0v) is 36.4. The van der Waals surface area contributed by atoms with Crippen LogP contribution >= 0.6 is 11.6 Å². The maximum absolute atomic E-state index is 13.3. The number of benzene rings is 4. The molecule has 1 atom stereocenters. The van der Waals surface area contributed by atoms with Gasteiger partial charge in [-0.1, -0.05) is 54.1 Å². The summed E-state index contributed by atoms with van der Waals surface area (Å²) in [6, 6.07) is 25.1. The van der Waals surface area contributed by atoms with Crippen molar-refractivity contribution >= 4 is 40.4 Å². The van der Waals surface area contributed by atoms with Gasteiger partial charge in [0, 0.05) is 48.1 Å². The molecule has 63 heavy (non-hydrogen) atoms. The number of aliphatic carboxylic acids is 1. The molecule has 6 rings (SSSR count). The van der Waals surface area contributed by atoms with Crippen molar-refractivity contribution in [2.75, 3.05) is 24.6 Å². The lowest BCUT2D eigenvalue weighted by atomic mass is 9.89. The van der Waals surface area contributed by atoms with E-state index in [0.717, 1.165) is 38.9 Å². The number of hydrogen-bond donors (Lipinski definition) is 4. The number of hydrogen-bond acceptors (Lipinski definition) is 12. The molecule has 4 aromatic carbocycles. The molecule has 0 aliphatic rings. The lowest BCUT2D eigenvalue weighted by Gasteiger charge is -2.27. The number of pyridine rings is 1. The molecule has 14 nitrogen and oxygen atoms in total. The third-order valence-corrected chi connectivity index (χ3v) is 10.4. The molecule has 15 heteroatoms. The summed E-state index contributed by atoms with van der Waals surface area (Å²) < 4.78 is 18.2. The number of halogens is 1. The van der Waals surface area contributed by atoms with E-state index in [9.17, 15) is 25.1 Å². The fourth-order valence-electron chi connectivity index (χ4n) is 7.05. The SMILES string of the molecule is Cc1c(COc2cc(OCc3cncc(C#N)c3)c(CNC[C@@H](O)CC(=O)O)cc2Cl)cccc1-c1cccc(-c2ccc3ncnc(N(CCO)C(=O)OC(C)(C)C)c3c2)c1C. The first kappa shape index (κ1) is 45.9. The van der Waals surface area contributed by atoms with E-state index in [1.807, 2.05) is 49.4 Å². The molecule has 0 aliphatic carbocycles. The average Bonchev–Trinajstić information content (AvgIpc) is 3.24. The summed E-state index contributed by atoms with van der Waals surface area (Å²) in [6.07, 6.45) is 2.36. The summed E-state index contributed by atoms with van der Waals surface area (Å²) in [5.41, 5.74) is 8.43. The van der Waals surface area contributed by atoms with E-state index in [-0.39, 0.29) is 39.5 Å². The van der Waals surface area contributed by atoms with Crippen LogP contribution in [-0.2, 0) is 29.3 Å². The Hall–Kier alpha value is -6.63. The van der Waals surface area contributed by atoms with Gasteiger partial charge in [-0.3, -0.25) is 14.7 Å². The first-order valence-electron chi connectivity index (χ1n) is 20.2. The standard InChI is InChI=1S/C48H49ClN6O8/c1-29-34(27-62-44-20-43(61-26-32-16-31(21-50)22-51-23-32)35(18-41(44)49)24-52-25-36(57)19-45(58)59)8-6-10-38(29)39-11-7-9-37(30(39)2)33-12-13-42-40(17-33)46(54-28-53-42)55(14-15-56)47(60)63-48(3,4)5/h6-13,16-18,20,22-23,28,36,52,56-57H,14-15,19,24-27H2,1-5H3,(H,58,59)/t36-/m0/s1. The number of ether oxygens (including phenoxy) is 3. The number of carboxylic acid groups (broad SMARTS) is 1. The molecule has 0 saturated heterocycles. The highest BCUT2D eigenvalue weighted by Gasteiger charge is 2.26. The zero-order valence-electron chi connectivity index (χ0n) is 35.7. The van der Waals surface area contributed by atoms with Crippen molar-refractivity contribution < 1.29 is 39.1 Å². The number of aliphatic hydroxyl groups excluding tert-OH is 2. The van der Waals surface area contributed by atoms with Crippen LogP contribution in [0.5, 0.6) is 11.5 Å². The van der Waals surface area contributed by atoms with Crippen molar-refractivity contribution in [1.29, 1.82) is 5.26 Å². The maximum atomic E-state index is 13.3. The Labute approximate surface area is 370 Å². The Morgan fingerprint density at radius 1 is 0.905 bits per heavy atom. The molecule has 4 N–H and O–H groups in total. The number of carboxylic acids is 1. The number of amides is 1.